The molecule has 2 aromatic rings. The average molecular weight is 294 g/mol. The van der Waals surface area contributed by atoms with Crippen LogP contribution in [0.5, 0.6) is 0 Å². The van der Waals surface area contributed by atoms with Crippen LogP contribution in [0.1, 0.15) is 22.0 Å². The molecule has 0 spiro atoms. The van der Waals surface area contributed by atoms with E-state index in [1.807, 2.05) is 41.8 Å². The smallest absolute Gasteiger partial charge is 0.216 e. The third-order valence-electron chi connectivity index (χ3n) is 3.36. The molecule has 4 nitrogen and oxygen atoms in total. The molecule has 1 aliphatic rings. The Kier molecular flexibility index (Phi) is 3.18. The lowest BCUT2D eigenvalue weighted by Gasteiger charge is -2.33. The zero-order valence-electron chi connectivity index (χ0n) is 10.2. The highest BCUT2D eigenvalue weighted by Crippen LogP contribution is 2.38. The van der Waals surface area contributed by atoms with Gasteiger partial charge in [0.2, 0.25) is 0 Å². The molecule has 0 aliphatic carbocycles. The van der Waals surface area contributed by atoms with Gasteiger partial charge in [-0.15, -0.1) is 11.3 Å². The van der Waals surface area contributed by atoms with Gasteiger partial charge in [0.1, 0.15) is 0 Å². The van der Waals surface area contributed by atoms with Crippen LogP contribution in [0.2, 0.25) is 0 Å². The van der Waals surface area contributed by atoms with Gasteiger partial charge < -0.3 is 0 Å². The summed E-state index contributed by atoms with van der Waals surface area (Å²) < 4.78 is 25.0. The topological polar surface area (TPSA) is 63.4 Å². The molecule has 0 fully saturated rings. The standard InChI is InChI=1S/C13H14N2O2S2/c14-19(16,17)15-8-6-12-11(7-9-18-12)13(15)10-4-2-1-3-5-10/h1-5,7,9,13H,6,8H2,(H2,14,16,17). The predicted molar refractivity (Wildman–Crippen MR) is 76.1 cm³/mol. The van der Waals surface area contributed by atoms with Gasteiger partial charge >= 0.3 is 0 Å². The maximum Gasteiger partial charge on any atom is 0.277 e. The van der Waals surface area contributed by atoms with E-state index in [4.69, 9.17) is 5.14 Å². The summed E-state index contributed by atoms with van der Waals surface area (Å²) in [6, 6.07) is 11.3. The Morgan fingerprint density at radius 2 is 1.95 bits per heavy atom. The fraction of sp³-hybridized carbons (Fsp3) is 0.231. The molecule has 0 saturated carbocycles. The summed E-state index contributed by atoms with van der Waals surface area (Å²) in [5.41, 5.74) is 2.01. The molecular formula is C13H14N2O2S2. The Morgan fingerprint density at radius 3 is 2.63 bits per heavy atom. The quantitative estimate of drug-likeness (QED) is 0.919. The summed E-state index contributed by atoms with van der Waals surface area (Å²) in [6.45, 7) is 0.436. The van der Waals surface area contributed by atoms with E-state index >= 15 is 0 Å². The first kappa shape index (κ1) is 12.8. The van der Waals surface area contributed by atoms with E-state index in [0.29, 0.717) is 6.54 Å². The molecule has 19 heavy (non-hydrogen) atoms. The summed E-state index contributed by atoms with van der Waals surface area (Å²) in [7, 11) is -3.71. The van der Waals surface area contributed by atoms with Crippen molar-refractivity contribution in [2.75, 3.05) is 6.54 Å². The van der Waals surface area contributed by atoms with Crippen molar-refractivity contribution in [3.8, 4) is 0 Å². The molecule has 0 radical (unpaired) electrons. The lowest BCUT2D eigenvalue weighted by atomic mass is 9.95. The van der Waals surface area contributed by atoms with E-state index in [1.165, 1.54) is 9.18 Å². The van der Waals surface area contributed by atoms with Gasteiger partial charge in [0, 0.05) is 11.4 Å². The highest BCUT2D eigenvalue weighted by molar-refractivity contribution is 7.86. The van der Waals surface area contributed by atoms with Crippen LogP contribution in [0.25, 0.3) is 0 Å². The minimum atomic E-state index is -3.71. The molecule has 1 unspecified atom stereocenters. The minimum Gasteiger partial charge on any atom is -0.216 e. The van der Waals surface area contributed by atoms with Crippen molar-refractivity contribution in [3.63, 3.8) is 0 Å². The molecule has 6 heteroatoms. The molecular weight excluding hydrogens is 280 g/mol. The molecule has 2 N–H and O–H groups in total. The molecule has 1 aromatic heterocycles. The van der Waals surface area contributed by atoms with Crippen LogP contribution in [0.3, 0.4) is 0 Å². The molecule has 0 amide bonds. The normalized spacial score (nSPS) is 20.2. The number of hydrogen-bond acceptors (Lipinski definition) is 3. The summed E-state index contributed by atoms with van der Waals surface area (Å²) in [5.74, 6) is 0. The van der Waals surface area contributed by atoms with E-state index in [0.717, 1.165) is 17.5 Å². The number of thiophene rings is 1. The van der Waals surface area contributed by atoms with Crippen LogP contribution in [-0.4, -0.2) is 19.3 Å². The fourth-order valence-corrected chi connectivity index (χ4v) is 4.33. The van der Waals surface area contributed by atoms with Crippen molar-refractivity contribution in [1.82, 2.24) is 4.31 Å². The highest BCUT2D eigenvalue weighted by atomic mass is 32.2. The van der Waals surface area contributed by atoms with E-state index < -0.39 is 10.2 Å². The molecule has 2 heterocycles. The molecule has 100 valence electrons. The van der Waals surface area contributed by atoms with Gasteiger partial charge in [-0.05, 0) is 29.0 Å². The van der Waals surface area contributed by atoms with E-state index in [9.17, 15) is 8.42 Å². The molecule has 1 aliphatic heterocycles. The highest BCUT2D eigenvalue weighted by Gasteiger charge is 2.35. The number of fused-ring (bicyclic) bond motifs is 1. The molecule has 1 atom stereocenters. The van der Waals surface area contributed by atoms with Gasteiger partial charge in [-0.2, -0.15) is 12.7 Å². The molecule has 1 aromatic carbocycles. The Hall–Kier alpha value is -1.21. The number of nitrogens with two attached hydrogens (primary N) is 1. The van der Waals surface area contributed by atoms with Crippen molar-refractivity contribution in [2.24, 2.45) is 5.14 Å². The van der Waals surface area contributed by atoms with Gasteiger partial charge in [0.25, 0.3) is 10.2 Å². The van der Waals surface area contributed by atoms with Crippen LogP contribution in [0.15, 0.2) is 41.8 Å². The Bertz CT molecular complexity index is 680. The van der Waals surface area contributed by atoms with Crippen LogP contribution >= 0.6 is 11.3 Å². The first-order chi connectivity index (χ1) is 9.07. The zero-order valence-corrected chi connectivity index (χ0v) is 11.8. The average Bonchev–Trinajstić information content (AvgIpc) is 2.85. The van der Waals surface area contributed by atoms with E-state index in [2.05, 4.69) is 0 Å². The van der Waals surface area contributed by atoms with Crippen molar-refractivity contribution in [1.29, 1.82) is 0 Å². The number of nitrogens with zero attached hydrogens (tertiary/aromatic N) is 1. The zero-order chi connectivity index (χ0) is 13.5. The van der Waals surface area contributed by atoms with Crippen LogP contribution in [0.4, 0.5) is 0 Å². The van der Waals surface area contributed by atoms with Gasteiger partial charge in [-0.3, -0.25) is 0 Å². The van der Waals surface area contributed by atoms with Crippen LogP contribution in [0, 0.1) is 0 Å². The van der Waals surface area contributed by atoms with Crippen molar-refractivity contribution in [2.45, 2.75) is 12.5 Å². The van der Waals surface area contributed by atoms with Crippen LogP contribution < -0.4 is 5.14 Å². The van der Waals surface area contributed by atoms with Crippen molar-refractivity contribution >= 4 is 21.5 Å². The van der Waals surface area contributed by atoms with Gasteiger partial charge in [-0.25, -0.2) is 5.14 Å². The number of rotatable bonds is 2. The minimum absolute atomic E-state index is 0.300. The lowest BCUT2D eigenvalue weighted by molar-refractivity contribution is 0.347. The third-order valence-corrected chi connectivity index (χ3v) is 5.41. The van der Waals surface area contributed by atoms with Crippen molar-refractivity contribution in [3.05, 3.63) is 57.8 Å². The SMILES string of the molecule is NS(=O)(=O)N1CCc2sccc2C1c1ccccc1. The second kappa shape index (κ2) is 4.72. The summed E-state index contributed by atoms with van der Waals surface area (Å²) in [5, 5.41) is 7.37. The maximum atomic E-state index is 11.8. The monoisotopic (exact) mass is 294 g/mol. The summed E-state index contributed by atoms with van der Waals surface area (Å²) >= 11 is 1.67. The van der Waals surface area contributed by atoms with E-state index in [-0.39, 0.29) is 6.04 Å². The molecule has 0 bridgehead atoms. The van der Waals surface area contributed by atoms with Gasteiger partial charge in [0.05, 0.1) is 6.04 Å². The molecule has 3 rings (SSSR count). The maximum absolute atomic E-state index is 11.8. The number of hydrogen-bond donors (Lipinski definition) is 1. The Balaban J connectivity index is 2.15. The first-order valence-electron chi connectivity index (χ1n) is 5.98. The first-order valence-corrected chi connectivity index (χ1v) is 8.36. The van der Waals surface area contributed by atoms with E-state index in [1.54, 1.807) is 11.3 Å². The predicted octanol–water partition coefficient (Wildman–Crippen LogP) is 1.90. The van der Waals surface area contributed by atoms with Crippen molar-refractivity contribution < 1.29 is 8.42 Å². The Labute approximate surface area is 116 Å². The van der Waals surface area contributed by atoms with Gasteiger partial charge in [-0.1, -0.05) is 30.3 Å². The molecule has 0 saturated heterocycles. The Morgan fingerprint density at radius 1 is 1.21 bits per heavy atom. The number of benzene rings is 1. The summed E-state index contributed by atoms with van der Waals surface area (Å²) in [4.78, 5) is 1.24. The largest absolute Gasteiger partial charge is 0.277 e. The summed E-state index contributed by atoms with van der Waals surface area (Å²) in [6.07, 6.45) is 0.729. The van der Waals surface area contributed by atoms with Gasteiger partial charge in [0.15, 0.2) is 0 Å². The lowest BCUT2D eigenvalue weighted by Crippen LogP contribution is -2.43. The fourth-order valence-electron chi connectivity index (χ4n) is 2.55. The second-order valence-corrected chi connectivity index (χ2v) is 7.02. The third kappa shape index (κ3) is 2.32. The van der Waals surface area contributed by atoms with Crippen LogP contribution in [-0.2, 0) is 16.6 Å². The second-order valence-electron chi connectivity index (χ2n) is 4.52.